The third-order valence-electron chi connectivity index (χ3n) is 2.20. The first-order valence-corrected chi connectivity index (χ1v) is 7.73. The van der Waals surface area contributed by atoms with E-state index in [1.54, 1.807) is 24.3 Å². The van der Waals surface area contributed by atoms with E-state index in [9.17, 15) is 8.78 Å². The monoisotopic (exact) mass is 454 g/mol. The number of aryl methyl sites for hydroxylation is 1. The van der Waals surface area contributed by atoms with Gasteiger partial charge in [-0.05, 0) is 74.2 Å². The summed E-state index contributed by atoms with van der Waals surface area (Å²) in [5.41, 5.74) is 1.75. The van der Waals surface area contributed by atoms with E-state index >= 15 is 0 Å². The molecule has 0 N–H and O–H groups in total. The van der Waals surface area contributed by atoms with E-state index in [1.165, 1.54) is 0 Å². The van der Waals surface area contributed by atoms with Gasteiger partial charge >= 0.3 is 0 Å². The summed E-state index contributed by atoms with van der Waals surface area (Å²) in [6, 6.07) is 10.6. The zero-order valence-electron chi connectivity index (χ0n) is 10.1. The Kier molecular flexibility index (Phi) is 7.18. The summed E-state index contributed by atoms with van der Waals surface area (Å²) < 4.78 is 26.6. The second-order valence-corrected chi connectivity index (χ2v) is 6.43. The third-order valence-corrected chi connectivity index (χ3v) is 3.88. The average Bonchev–Trinajstić information content (AvgIpc) is 2.37. The van der Waals surface area contributed by atoms with Crippen LogP contribution < -0.4 is 0 Å². The molecule has 0 nitrogen and oxygen atoms in total. The number of alkyl halides is 1. The molecule has 2 aromatic carbocycles. The van der Waals surface area contributed by atoms with Gasteiger partial charge in [0.1, 0.15) is 6.67 Å². The molecule has 0 aromatic heterocycles. The molecule has 19 heavy (non-hydrogen) atoms. The Balaban J connectivity index is 0.000000191. The van der Waals surface area contributed by atoms with Crippen LogP contribution >= 0.6 is 47.8 Å². The van der Waals surface area contributed by atoms with E-state index in [0.717, 1.165) is 15.6 Å². The summed E-state index contributed by atoms with van der Waals surface area (Å²) in [6.45, 7) is 1.53. The lowest BCUT2D eigenvalue weighted by Crippen LogP contribution is -1.81. The second kappa shape index (κ2) is 8.12. The Morgan fingerprint density at radius 1 is 0.947 bits per heavy atom. The number of halogens is 5. The van der Waals surface area contributed by atoms with Crippen molar-refractivity contribution in [2.45, 2.75) is 13.6 Å². The lowest BCUT2D eigenvalue weighted by Gasteiger charge is -1.98. The van der Waals surface area contributed by atoms with Gasteiger partial charge in [0.2, 0.25) is 0 Å². The van der Waals surface area contributed by atoms with Crippen molar-refractivity contribution in [3.05, 3.63) is 66.8 Å². The van der Waals surface area contributed by atoms with Crippen LogP contribution in [0.2, 0.25) is 0 Å². The highest BCUT2D eigenvalue weighted by Gasteiger charge is 2.03. The Labute approximate surface area is 136 Å². The molecule has 0 atom stereocenters. The minimum Gasteiger partial charge on any atom is -0.246 e. The molecule has 0 aliphatic rings. The highest BCUT2D eigenvalue weighted by atomic mass is 79.9. The summed E-state index contributed by atoms with van der Waals surface area (Å²) in [4.78, 5) is 0. The van der Waals surface area contributed by atoms with Crippen LogP contribution in [0.25, 0.3) is 0 Å². The van der Waals surface area contributed by atoms with Crippen molar-refractivity contribution in [1.82, 2.24) is 0 Å². The lowest BCUT2D eigenvalue weighted by molar-refractivity contribution is 0.485. The Bertz CT molecular complexity index is 516. The molecule has 0 heterocycles. The molecule has 0 saturated carbocycles. The summed E-state index contributed by atoms with van der Waals surface area (Å²) in [6.07, 6.45) is 0. The van der Waals surface area contributed by atoms with E-state index in [4.69, 9.17) is 0 Å². The topological polar surface area (TPSA) is 0 Å². The molecule has 2 aromatic rings. The molecule has 0 bridgehead atoms. The quantitative estimate of drug-likeness (QED) is 0.425. The van der Waals surface area contributed by atoms with E-state index in [-0.39, 0.29) is 12.5 Å². The zero-order chi connectivity index (χ0) is 14.4. The van der Waals surface area contributed by atoms with Crippen LogP contribution in [0, 0.1) is 12.7 Å². The van der Waals surface area contributed by atoms with Gasteiger partial charge in [0.25, 0.3) is 0 Å². The number of hydrogen-bond donors (Lipinski definition) is 0. The number of rotatable bonds is 1. The second-order valence-electron chi connectivity index (χ2n) is 3.80. The van der Waals surface area contributed by atoms with Crippen molar-refractivity contribution in [2.75, 3.05) is 0 Å². The predicted molar refractivity (Wildman–Crippen MR) is 85.5 cm³/mol. The van der Waals surface area contributed by atoms with E-state index < -0.39 is 0 Å². The van der Waals surface area contributed by atoms with Gasteiger partial charge in [0.05, 0.1) is 8.95 Å². The Morgan fingerprint density at radius 3 is 1.84 bits per heavy atom. The smallest absolute Gasteiger partial charge is 0.151 e. The summed E-state index contributed by atoms with van der Waals surface area (Å²) in [5, 5.41) is 0. The van der Waals surface area contributed by atoms with Crippen LogP contribution in [0.4, 0.5) is 8.78 Å². The fraction of sp³-hybridized carbons (Fsp3) is 0.143. The van der Waals surface area contributed by atoms with Gasteiger partial charge < -0.3 is 0 Å². The van der Waals surface area contributed by atoms with Crippen molar-refractivity contribution in [1.29, 1.82) is 0 Å². The van der Waals surface area contributed by atoms with Gasteiger partial charge in [0.15, 0.2) is 5.82 Å². The average molecular weight is 457 g/mol. The van der Waals surface area contributed by atoms with Crippen molar-refractivity contribution in [3.8, 4) is 0 Å². The lowest BCUT2D eigenvalue weighted by atomic mass is 10.2. The summed E-state index contributed by atoms with van der Waals surface area (Å²) in [5.74, 6) is -0.245. The molecular weight excluding hydrogens is 446 g/mol. The van der Waals surface area contributed by atoms with Crippen molar-refractivity contribution in [2.24, 2.45) is 0 Å². The molecule has 0 saturated heterocycles. The predicted octanol–water partition coefficient (Wildman–Crippen LogP) is 6.58. The maximum atomic E-state index is 12.8. The Morgan fingerprint density at radius 2 is 1.42 bits per heavy atom. The van der Waals surface area contributed by atoms with Gasteiger partial charge in [-0.1, -0.05) is 28.1 Å². The molecule has 102 valence electrons. The minimum absolute atomic E-state index is 0.245. The van der Waals surface area contributed by atoms with E-state index in [1.807, 2.05) is 19.1 Å². The molecule has 0 aliphatic carbocycles. The van der Waals surface area contributed by atoms with Gasteiger partial charge in [0, 0.05) is 4.47 Å². The van der Waals surface area contributed by atoms with E-state index in [2.05, 4.69) is 47.8 Å². The molecular formula is C14H11Br3F2. The van der Waals surface area contributed by atoms with Crippen LogP contribution in [-0.4, -0.2) is 0 Å². The highest BCUT2D eigenvalue weighted by Crippen LogP contribution is 2.24. The molecule has 0 spiro atoms. The fourth-order valence-corrected chi connectivity index (χ4v) is 2.94. The number of benzene rings is 2. The molecule has 0 aliphatic heterocycles. The first kappa shape index (κ1) is 16.8. The molecule has 0 unspecified atom stereocenters. The van der Waals surface area contributed by atoms with Crippen LogP contribution in [0.1, 0.15) is 11.1 Å². The number of hydrogen-bond acceptors (Lipinski definition) is 0. The van der Waals surface area contributed by atoms with Crippen LogP contribution in [0.5, 0.6) is 0 Å². The van der Waals surface area contributed by atoms with Gasteiger partial charge in [-0.25, -0.2) is 8.78 Å². The van der Waals surface area contributed by atoms with Crippen LogP contribution in [-0.2, 0) is 6.67 Å². The molecule has 0 radical (unpaired) electrons. The molecule has 5 heteroatoms. The van der Waals surface area contributed by atoms with Gasteiger partial charge in [-0.15, -0.1) is 0 Å². The Hall–Kier alpha value is -0.260. The fourth-order valence-electron chi connectivity index (χ4n) is 1.26. The molecule has 2 rings (SSSR count). The SMILES string of the molecule is Cc1cc(Br)c(F)c(Br)c1.FCc1ccc(Br)cc1. The first-order valence-electron chi connectivity index (χ1n) is 5.35. The summed E-state index contributed by atoms with van der Waals surface area (Å²) in [7, 11) is 0. The third kappa shape index (κ3) is 5.71. The van der Waals surface area contributed by atoms with E-state index in [0.29, 0.717) is 8.95 Å². The van der Waals surface area contributed by atoms with Crippen molar-refractivity contribution < 1.29 is 8.78 Å². The minimum atomic E-state index is -0.382. The van der Waals surface area contributed by atoms with Crippen LogP contribution in [0.15, 0.2) is 49.8 Å². The largest absolute Gasteiger partial charge is 0.246 e. The highest BCUT2D eigenvalue weighted by molar-refractivity contribution is 9.11. The van der Waals surface area contributed by atoms with Crippen LogP contribution in [0.3, 0.4) is 0 Å². The first-order chi connectivity index (χ1) is 8.93. The maximum Gasteiger partial charge on any atom is 0.151 e. The van der Waals surface area contributed by atoms with Gasteiger partial charge in [-0.3, -0.25) is 0 Å². The van der Waals surface area contributed by atoms with Gasteiger partial charge in [-0.2, -0.15) is 0 Å². The normalized spacial score (nSPS) is 9.79. The standard InChI is InChI=1S/C7H5Br2F.C7H6BrF/c1-4-2-5(8)7(10)6(9)3-4;8-7-3-1-6(5-9)2-4-7/h2-3H,1H3;1-4H,5H2. The summed E-state index contributed by atoms with van der Waals surface area (Å²) >= 11 is 9.44. The van der Waals surface area contributed by atoms with Crippen molar-refractivity contribution >= 4 is 47.8 Å². The maximum absolute atomic E-state index is 12.8. The molecule has 0 fully saturated rings. The zero-order valence-corrected chi connectivity index (χ0v) is 14.8. The molecule has 0 amide bonds. The van der Waals surface area contributed by atoms with Crippen molar-refractivity contribution in [3.63, 3.8) is 0 Å².